The summed E-state index contributed by atoms with van der Waals surface area (Å²) in [6, 6.07) is 70.7. The number of ether oxygens (including phenoxy) is 1. The lowest BCUT2D eigenvalue weighted by molar-refractivity contribution is -0.571. The minimum absolute atomic E-state index is 0.533. The summed E-state index contributed by atoms with van der Waals surface area (Å²) in [6.45, 7) is 6.69. The maximum absolute atomic E-state index is 6.82. The average Bonchev–Trinajstić information content (AvgIpc) is 3.88. The van der Waals surface area contributed by atoms with E-state index in [1.54, 1.807) is 0 Å². The summed E-state index contributed by atoms with van der Waals surface area (Å²) < 4.78 is 13.5. The Morgan fingerprint density at radius 1 is 0.547 bits per heavy atom. The SMILES string of the molecule is Cc1cccc2c1[n+](-c1c(-c3ccccc3)cccc1-c1ccccc1)[c-]n2-c1cccc(Oc2ccc3c4cc(-c5ccccc5)ccc4n(-c4cc(CC(C)C)ccn4)c3c2)c1. The van der Waals surface area contributed by atoms with Crippen molar-refractivity contribution < 1.29 is 9.30 Å². The maximum atomic E-state index is 6.82. The number of hydrogen-bond donors (Lipinski definition) is 0. The van der Waals surface area contributed by atoms with Gasteiger partial charge >= 0.3 is 0 Å². The minimum atomic E-state index is 0.533. The predicted octanol–water partition coefficient (Wildman–Crippen LogP) is 14.5. The van der Waals surface area contributed by atoms with Gasteiger partial charge in [0.2, 0.25) is 0 Å². The highest BCUT2D eigenvalue weighted by Crippen LogP contribution is 2.39. The van der Waals surface area contributed by atoms with Crippen LogP contribution in [0.3, 0.4) is 0 Å². The number of aryl methyl sites for hydroxylation is 1. The van der Waals surface area contributed by atoms with E-state index in [1.807, 2.05) is 12.3 Å². The van der Waals surface area contributed by atoms with Crippen LogP contribution in [0.4, 0.5) is 0 Å². The Labute approximate surface area is 373 Å². The second-order valence-corrected chi connectivity index (χ2v) is 17.0. The topological polar surface area (TPSA) is 35.9 Å². The highest BCUT2D eigenvalue weighted by Gasteiger charge is 2.21. The van der Waals surface area contributed by atoms with Crippen molar-refractivity contribution in [3.05, 3.63) is 224 Å². The molecule has 0 N–H and O–H groups in total. The van der Waals surface area contributed by atoms with Crippen molar-refractivity contribution in [1.29, 1.82) is 0 Å². The number of rotatable bonds is 10. The molecule has 11 rings (SSSR count). The third-order valence-corrected chi connectivity index (χ3v) is 12.1. The van der Waals surface area contributed by atoms with Gasteiger partial charge in [-0.2, -0.15) is 0 Å². The summed E-state index contributed by atoms with van der Waals surface area (Å²) in [4.78, 5) is 4.94. The molecule has 0 radical (unpaired) electrons. The molecule has 3 aromatic heterocycles. The molecule has 5 nitrogen and oxygen atoms in total. The van der Waals surface area contributed by atoms with Crippen LogP contribution >= 0.6 is 0 Å². The predicted molar refractivity (Wildman–Crippen MR) is 262 cm³/mol. The Hall–Kier alpha value is -8.02. The first-order valence-electron chi connectivity index (χ1n) is 22.0. The van der Waals surface area contributed by atoms with E-state index >= 15 is 0 Å². The monoisotopic (exact) mass is 826 g/mol. The van der Waals surface area contributed by atoms with Gasteiger partial charge in [0.1, 0.15) is 17.3 Å². The molecule has 0 saturated heterocycles. The largest absolute Gasteiger partial charge is 0.458 e. The summed E-state index contributed by atoms with van der Waals surface area (Å²) in [5, 5.41) is 2.31. The number of imidazole rings is 1. The molecule has 0 saturated carbocycles. The molecule has 0 bridgehead atoms. The van der Waals surface area contributed by atoms with Crippen molar-refractivity contribution in [1.82, 2.24) is 14.1 Å². The van der Waals surface area contributed by atoms with E-state index in [9.17, 15) is 0 Å². The highest BCUT2D eigenvalue weighted by atomic mass is 16.5. The fourth-order valence-electron chi connectivity index (χ4n) is 9.29. The molecule has 11 aromatic rings. The molecule has 0 aliphatic heterocycles. The number of hydrogen-bond acceptors (Lipinski definition) is 2. The van der Waals surface area contributed by atoms with Crippen molar-refractivity contribution in [3.8, 4) is 62.1 Å². The summed E-state index contributed by atoms with van der Waals surface area (Å²) in [7, 11) is 0. The average molecular weight is 827 g/mol. The molecule has 0 aliphatic carbocycles. The molecule has 0 atom stereocenters. The third-order valence-electron chi connectivity index (χ3n) is 12.1. The van der Waals surface area contributed by atoms with Gasteiger partial charge in [0.15, 0.2) is 0 Å². The van der Waals surface area contributed by atoms with E-state index in [-0.39, 0.29) is 0 Å². The lowest BCUT2D eigenvalue weighted by Gasteiger charge is -2.17. The number of benzene rings is 8. The van der Waals surface area contributed by atoms with E-state index in [1.165, 1.54) is 22.1 Å². The normalized spacial score (nSPS) is 11.6. The Bertz CT molecular complexity index is 3420. The van der Waals surface area contributed by atoms with Gasteiger partial charge in [0, 0.05) is 23.0 Å². The van der Waals surface area contributed by atoms with Crippen molar-refractivity contribution in [3.63, 3.8) is 0 Å². The molecular formula is C59H46N4O. The molecule has 5 heteroatoms. The molecular weight excluding hydrogens is 781 g/mol. The molecule has 64 heavy (non-hydrogen) atoms. The van der Waals surface area contributed by atoms with Gasteiger partial charge < -0.3 is 4.74 Å². The molecule has 0 amide bonds. The quantitative estimate of drug-likeness (QED) is 0.102. The fourth-order valence-corrected chi connectivity index (χ4v) is 9.29. The first-order chi connectivity index (χ1) is 31.5. The standard InChI is InChI=1S/C59H46N4O/c1-40(2)34-42-32-33-60-57(35-42)63-54-31-28-46(43-17-7-4-8-18-43)36-53(54)52-30-29-49(38-56(52)63)64-48-24-14-23-47(37-48)61-39-62(58-41(3)16-13-27-55(58)61)59-50(44-19-9-5-10-20-44)25-15-26-51(59)45-21-11-6-12-22-45/h4-33,35-38,40H,34H2,1-3H3. The van der Waals surface area contributed by atoms with Crippen LogP contribution in [0.15, 0.2) is 206 Å². The van der Waals surface area contributed by atoms with Gasteiger partial charge in [-0.15, -0.1) is 0 Å². The highest BCUT2D eigenvalue weighted by molar-refractivity contribution is 6.10. The zero-order valence-electron chi connectivity index (χ0n) is 36.1. The summed E-state index contributed by atoms with van der Waals surface area (Å²) in [5.41, 5.74) is 15.7. The number of pyridine rings is 1. The van der Waals surface area contributed by atoms with Crippen LogP contribution in [-0.4, -0.2) is 14.1 Å². The van der Waals surface area contributed by atoms with E-state index in [0.29, 0.717) is 5.92 Å². The second kappa shape index (κ2) is 16.4. The molecule has 308 valence electrons. The number of nitrogens with zero attached hydrogens (tertiary/aromatic N) is 4. The van der Waals surface area contributed by atoms with Crippen molar-refractivity contribution >= 4 is 32.8 Å². The second-order valence-electron chi connectivity index (χ2n) is 17.0. The molecule has 0 aliphatic rings. The molecule has 0 unspecified atom stereocenters. The first-order valence-corrected chi connectivity index (χ1v) is 22.0. The number of para-hydroxylation sites is 2. The minimum Gasteiger partial charge on any atom is -0.458 e. The first kappa shape index (κ1) is 38.9. The van der Waals surface area contributed by atoms with E-state index in [0.717, 1.165) is 90.4 Å². The third kappa shape index (κ3) is 7.11. The molecule has 0 fully saturated rings. The molecule has 8 aromatic carbocycles. The van der Waals surface area contributed by atoms with Crippen molar-refractivity contribution in [2.24, 2.45) is 5.92 Å². The molecule has 0 spiro atoms. The van der Waals surface area contributed by atoms with Crippen LogP contribution < -0.4 is 9.30 Å². The zero-order valence-corrected chi connectivity index (χ0v) is 36.1. The summed E-state index contributed by atoms with van der Waals surface area (Å²) in [5.74, 6) is 2.90. The lowest BCUT2D eigenvalue weighted by Crippen LogP contribution is -2.32. The number of fused-ring (bicyclic) bond motifs is 4. The fraction of sp³-hybridized carbons (Fsp3) is 0.0847. The summed E-state index contributed by atoms with van der Waals surface area (Å²) in [6.07, 6.45) is 6.76. The summed E-state index contributed by atoms with van der Waals surface area (Å²) >= 11 is 0. The van der Waals surface area contributed by atoms with Crippen LogP contribution in [0, 0.1) is 19.2 Å². The Kier molecular flexibility index (Phi) is 9.93. The smallest absolute Gasteiger partial charge is 0.269 e. The van der Waals surface area contributed by atoms with Crippen LogP contribution in [0.5, 0.6) is 11.5 Å². The van der Waals surface area contributed by atoms with Gasteiger partial charge in [-0.05, 0) is 118 Å². The van der Waals surface area contributed by atoms with E-state index in [2.05, 4.69) is 235 Å². The number of aromatic nitrogens is 4. The van der Waals surface area contributed by atoms with Crippen LogP contribution in [-0.2, 0) is 6.42 Å². The zero-order chi connectivity index (χ0) is 43.1. The maximum Gasteiger partial charge on any atom is 0.269 e. The Morgan fingerprint density at radius 3 is 1.94 bits per heavy atom. The van der Waals surface area contributed by atoms with E-state index in [4.69, 9.17) is 9.72 Å². The lowest BCUT2D eigenvalue weighted by atomic mass is 9.95. The van der Waals surface area contributed by atoms with Gasteiger partial charge in [-0.3, -0.25) is 13.7 Å². The van der Waals surface area contributed by atoms with Gasteiger partial charge in [0.25, 0.3) is 6.33 Å². The Balaban J connectivity index is 1.03. The van der Waals surface area contributed by atoms with Crippen LogP contribution in [0.25, 0.3) is 83.4 Å². The van der Waals surface area contributed by atoms with Crippen LogP contribution in [0.1, 0.15) is 25.0 Å². The van der Waals surface area contributed by atoms with Gasteiger partial charge in [-0.25, -0.2) is 4.98 Å². The Morgan fingerprint density at radius 2 is 1.22 bits per heavy atom. The van der Waals surface area contributed by atoms with Crippen LogP contribution in [0.2, 0.25) is 0 Å². The molecule has 3 heterocycles. The van der Waals surface area contributed by atoms with Crippen molar-refractivity contribution in [2.75, 3.05) is 0 Å². The van der Waals surface area contributed by atoms with E-state index < -0.39 is 0 Å². The van der Waals surface area contributed by atoms with Gasteiger partial charge in [0.05, 0.1) is 33.4 Å². The van der Waals surface area contributed by atoms with Gasteiger partial charge in [-0.1, -0.05) is 153 Å². The van der Waals surface area contributed by atoms with Crippen molar-refractivity contribution in [2.45, 2.75) is 27.2 Å².